The molecule has 0 spiro atoms. The quantitative estimate of drug-likeness (QED) is 0.450. The van der Waals surface area contributed by atoms with Gasteiger partial charge in [0.25, 0.3) is 0 Å². The number of likely N-dealkylation sites (tertiary alicyclic amines) is 1. The fraction of sp³-hybridized carbons (Fsp3) is 0.536. The summed E-state index contributed by atoms with van der Waals surface area (Å²) in [7, 11) is 0. The number of aryl methyl sites for hydroxylation is 2. The molecular formula is C28H36N2O6S. The Bertz CT molecular complexity index is 1130. The second kappa shape index (κ2) is 12.1. The van der Waals surface area contributed by atoms with Gasteiger partial charge in [0.05, 0.1) is 34.6 Å². The van der Waals surface area contributed by atoms with Crippen molar-refractivity contribution in [3.63, 3.8) is 0 Å². The van der Waals surface area contributed by atoms with Crippen LogP contribution in [0.15, 0.2) is 29.8 Å². The van der Waals surface area contributed by atoms with Crippen LogP contribution in [0.1, 0.15) is 64.1 Å². The normalized spacial score (nSPS) is 18.6. The van der Waals surface area contributed by atoms with E-state index in [2.05, 4.69) is 4.98 Å². The van der Waals surface area contributed by atoms with Gasteiger partial charge in [-0.15, -0.1) is 11.3 Å². The standard InChI is InChI=1S/C28H36N2O6S/c1-17-26(37-16-29-17)19-8-5-18(6-9-19)7-11-24(33)23-14-21(32)15-30(23)27(36)22(28(2,3)4)13-20(31)10-12-25(34)35/h5-6,8-9,16,21-23,32H,7,10-15H2,1-4H3,(H,34,35)/t21-,22-,23+/m1/s1. The number of aliphatic hydroxyl groups excluding tert-OH is 1. The number of aliphatic hydroxyl groups is 1. The van der Waals surface area contributed by atoms with Gasteiger partial charge in [-0.05, 0) is 29.9 Å². The lowest BCUT2D eigenvalue weighted by Crippen LogP contribution is -2.47. The minimum absolute atomic E-state index is 0.0496. The summed E-state index contributed by atoms with van der Waals surface area (Å²) in [6.45, 7) is 7.56. The van der Waals surface area contributed by atoms with Crippen molar-refractivity contribution in [2.75, 3.05) is 6.54 Å². The molecule has 0 aliphatic carbocycles. The highest BCUT2D eigenvalue weighted by atomic mass is 32.1. The highest BCUT2D eigenvalue weighted by Crippen LogP contribution is 2.34. The SMILES string of the molecule is Cc1ncsc1-c1ccc(CCC(=O)[C@@H]2C[C@@H](O)CN2C(=O)[C@@H](CC(=O)CCC(=O)O)C(C)(C)C)cc1. The fourth-order valence-corrected chi connectivity index (χ4v) is 5.55. The number of amides is 1. The summed E-state index contributed by atoms with van der Waals surface area (Å²) >= 11 is 1.58. The van der Waals surface area contributed by atoms with Crippen molar-refractivity contribution in [3.05, 3.63) is 41.0 Å². The molecule has 0 saturated carbocycles. The number of thiazole rings is 1. The van der Waals surface area contributed by atoms with Crippen molar-refractivity contribution < 1.29 is 29.4 Å². The van der Waals surface area contributed by atoms with Crippen LogP contribution in [0.3, 0.4) is 0 Å². The molecule has 1 fully saturated rings. The monoisotopic (exact) mass is 528 g/mol. The number of ketones is 2. The molecule has 3 rings (SSSR count). The highest BCUT2D eigenvalue weighted by Gasteiger charge is 2.44. The van der Waals surface area contributed by atoms with Crippen molar-refractivity contribution in [3.8, 4) is 10.4 Å². The van der Waals surface area contributed by atoms with Gasteiger partial charge in [0.2, 0.25) is 5.91 Å². The van der Waals surface area contributed by atoms with E-state index >= 15 is 0 Å². The predicted molar refractivity (Wildman–Crippen MR) is 141 cm³/mol. The summed E-state index contributed by atoms with van der Waals surface area (Å²) in [6, 6.07) is 7.29. The zero-order chi connectivity index (χ0) is 27.3. The third-order valence-electron chi connectivity index (χ3n) is 6.95. The number of Topliss-reactive ketones (excluding diaryl/α,β-unsaturated/α-hetero) is 2. The van der Waals surface area contributed by atoms with Crippen molar-refractivity contribution in [2.45, 2.75) is 78.4 Å². The molecule has 1 amide bonds. The third kappa shape index (κ3) is 7.55. The van der Waals surface area contributed by atoms with Gasteiger partial charge in [-0.1, -0.05) is 45.0 Å². The molecule has 1 aliphatic heterocycles. The van der Waals surface area contributed by atoms with E-state index in [9.17, 15) is 24.3 Å². The predicted octanol–water partition coefficient (Wildman–Crippen LogP) is 4.07. The molecule has 8 nitrogen and oxygen atoms in total. The number of carbonyl (C=O) groups is 4. The molecule has 0 bridgehead atoms. The molecule has 9 heteroatoms. The highest BCUT2D eigenvalue weighted by molar-refractivity contribution is 7.13. The topological polar surface area (TPSA) is 125 Å². The number of nitrogens with zero attached hydrogens (tertiary/aromatic N) is 2. The Hall–Kier alpha value is -2.91. The van der Waals surface area contributed by atoms with Crippen LogP contribution in [0, 0.1) is 18.3 Å². The summed E-state index contributed by atoms with van der Waals surface area (Å²) < 4.78 is 0. The van der Waals surface area contributed by atoms with Gasteiger partial charge in [0.15, 0.2) is 5.78 Å². The number of hydrogen-bond donors (Lipinski definition) is 2. The molecule has 0 radical (unpaired) electrons. The molecule has 2 heterocycles. The molecule has 0 unspecified atom stereocenters. The maximum Gasteiger partial charge on any atom is 0.303 e. The van der Waals surface area contributed by atoms with Gasteiger partial charge in [-0.2, -0.15) is 0 Å². The van der Waals surface area contributed by atoms with Crippen molar-refractivity contribution in [1.29, 1.82) is 0 Å². The number of β-amino-alcohol motifs (C(OH)–C–C–N with tert-alkyl or cyclic N) is 1. The summed E-state index contributed by atoms with van der Waals surface area (Å²) in [4.78, 5) is 56.9. The van der Waals surface area contributed by atoms with Crippen LogP contribution in [0.25, 0.3) is 10.4 Å². The molecule has 3 atom stereocenters. The van der Waals surface area contributed by atoms with Crippen LogP contribution in [0.2, 0.25) is 0 Å². The van der Waals surface area contributed by atoms with Crippen molar-refractivity contribution >= 4 is 34.8 Å². The van der Waals surface area contributed by atoms with E-state index in [4.69, 9.17) is 5.11 Å². The lowest BCUT2D eigenvalue weighted by molar-refractivity contribution is -0.146. The molecule has 37 heavy (non-hydrogen) atoms. The second-order valence-corrected chi connectivity index (χ2v) is 11.7. The number of aromatic nitrogens is 1. The van der Waals surface area contributed by atoms with Gasteiger partial charge in [0.1, 0.15) is 5.78 Å². The maximum absolute atomic E-state index is 13.6. The van der Waals surface area contributed by atoms with Crippen LogP contribution in [0.5, 0.6) is 0 Å². The first-order valence-electron chi connectivity index (χ1n) is 12.6. The van der Waals surface area contributed by atoms with Crippen LogP contribution >= 0.6 is 11.3 Å². The van der Waals surface area contributed by atoms with Crippen LogP contribution in [0.4, 0.5) is 0 Å². The Balaban J connectivity index is 1.66. The van der Waals surface area contributed by atoms with Crippen molar-refractivity contribution in [1.82, 2.24) is 9.88 Å². The molecule has 1 saturated heterocycles. The van der Waals surface area contributed by atoms with E-state index in [1.165, 1.54) is 4.90 Å². The first-order valence-corrected chi connectivity index (χ1v) is 13.5. The molecular weight excluding hydrogens is 492 g/mol. The van der Waals surface area contributed by atoms with Gasteiger partial charge >= 0.3 is 5.97 Å². The third-order valence-corrected chi connectivity index (χ3v) is 7.93. The first-order chi connectivity index (χ1) is 17.4. The van der Waals surface area contributed by atoms with Gasteiger partial charge in [-0.25, -0.2) is 4.98 Å². The summed E-state index contributed by atoms with van der Waals surface area (Å²) in [6.07, 6.45) is -0.376. The van der Waals surface area contributed by atoms with E-state index in [1.54, 1.807) is 11.3 Å². The van der Waals surface area contributed by atoms with E-state index in [-0.39, 0.29) is 56.1 Å². The smallest absolute Gasteiger partial charge is 0.303 e. The first kappa shape index (κ1) is 28.7. The van der Waals surface area contributed by atoms with Gasteiger partial charge < -0.3 is 15.1 Å². The summed E-state index contributed by atoms with van der Waals surface area (Å²) in [5, 5.41) is 19.2. The molecule has 1 aromatic carbocycles. The summed E-state index contributed by atoms with van der Waals surface area (Å²) in [5.41, 5.74) is 4.31. The molecule has 2 aromatic rings. The number of carbonyl (C=O) groups excluding carboxylic acids is 3. The molecule has 1 aromatic heterocycles. The van der Waals surface area contributed by atoms with Gasteiger partial charge in [-0.3, -0.25) is 19.2 Å². The van der Waals surface area contributed by atoms with Crippen LogP contribution < -0.4 is 0 Å². The molecule has 1 aliphatic rings. The Morgan fingerprint density at radius 3 is 2.35 bits per heavy atom. The average Bonchev–Trinajstić information content (AvgIpc) is 3.44. The number of rotatable bonds is 11. The zero-order valence-electron chi connectivity index (χ0n) is 21.9. The Labute approximate surface area is 221 Å². The van der Waals surface area contributed by atoms with E-state index in [0.717, 1.165) is 21.7 Å². The number of carboxylic acid groups (broad SMARTS) is 1. The average molecular weight is 529 g/mol. The van der Waals surface area contributed by atoms with Crippen LogP contribution in [-0.2, 0) is 25.6 Å². The maximum atomic E-state index is 13.6. The van der Waals surface area contributed by atoms with E-state index in [0.29, 0.717) is 6.42 Å². The lowest BCUT2D eigenvalue weighted by Gasteiger charge is -2.34. The lowest BCUT2D eigenvalue weighted by atomic mass is 9.76. The Morgan fingerprint density at radius 1 is 1.11 bits per heavy atom. The van der Waals surface area contributed by atoms with E-state index < -0.39 is 29.4 Å². The van der Waals surface area contributed by atoms with Gasteiger partial charge in [0, 0.05) is 38.1 Å². The molecule has 2 N–H and O–H groups in total. The molecule has 200 valence electrons. The Morgan fingerprint density at radius 2 is 1.78 bits per heavy atom. The van der Waals surface area contributed by atoms with Crippen LogP contribution in [-0.4, -0.2) is 62.2 Å². The number of benzene rings is 1. The number of aliphatic carboxylic acids is 1. The van der Waals surface area contributed by atoms with E-state index in [1.807, 2.05) is 57.5 Å². The Kier molecular flexibility index (Phi) is 9.36. The van der Waals surface area contributed by atoms with Crippen molar-refractivity contribution in [2.24, 2.45) is 11.3 Å². The summed E-state index contributed by atoms with van der Waals surface area (Å²) in [5.74, 6) is -2.52. The minimum Gasteiger partial charge on any atom is -0.481 e. The number of hydrogen-bond acceptors (Lipinski definition) is 7. The minimum atomic E-state index is -1.06. The number of carboxylic acids is 1. The zero-order valence-corrected chi connectivity index (χ0v) is 22.7. The second-order valence-electron chi connectivity index (χ2n) is 10.9. The fourth-order valence-electron chi connectivity index (χ4n) is 4.74. The largest absolute Gasteiger partial charge is 0.481 e.